The molecule has 1 aromatic rings. The molecule has 2 N–H and O–H groups in total. The van der Waals surface area contributed by atoms with E-state index in [0.29, 0.717) is 6.54 Å². The molecule has 2 unspecified atom stereocenters. The number of carboxylic acids is 1. The van der Waals surface area contributed by atoms with E-state index in [-0.39, 0.29) is 10.9 Å². The summed E-state index contributed by atoms with van der Waals surface area (Å²) in [5.41, 5.74) is 0.767. The first-order valence-corrected chi connectivity index (χ1v) is 5.38. The molecule has 0 spiro atoms. The number of halogens is 2. The average molecular weight is 244 g/mol. The summed E-state index contributed by atoms with van der Waals surface area (Å²) in [6, 6.07) is 3.76. The summed E-state index contributed by atoms with van der Waals surface area (Å²) in [6.07, 6.45) is 0.721. The molecule has 0 aromatic heterocycles. The van der Waals surface area contributed by atoms with Crippen LogP contribution in [-0.4, -0.2) is 23.7 Å². The lowest BCUT2D eigenvalue weighted by atomic mass is 9.92. The second kappa shape index (κ2) is 4.39. The first kappa shape index (κ1) is 11.4. The SMILES string of the molecule is O=C(O)C1NCCC1c1ccc(F)c(Cl)c1. The number of hydrogen-bond acceptors (Lipinski definition) is 2. The number of carboxylic acid groups (broad SMARTS) is 1. The predicted molar refractivity (Wildman–Crippen MR) is 58.2 cm³/mol. The summed E-state index contributed by atoms with van der Waals surface area (Å²) in [4.78, 5) is 11.0. The normalized spacial score (nSPS) is 24.6. The van der Waals surface area contributed by atoms with Crippen LogP contribution in [-0.2, 0) is 4.79 Å². The molecule has 1 aliphatic heterocycles. The van der Waals surface area contributed by atoms with E-state index in [2.05, 4.69) is 5.32 Å². The highest BCUT2D eigenvalue weighted by molar-refractivity contribution is 6.30. The lowest BCUT2D eigenvalue weighted by Gasteiger charge is -2.16. The summed E-state index contributed by atoms with van der Waals surface area (Å²) in [7, 11) is 0. The molecule has 0 amide bonds. The summed E-state index contributed by atoms with van der Waals surface area (Å²) in [5.74, 6) is -1.51. The van der Waals surface area contributed by atoms with E-state index in [1.807, 2.05) is 0 Å². The van der Waals surface area contributed by atoms with Crippen molar-refractivity contribution in [3.05, 3.63) is 34.6 Å². The fourth-order valence-electron chi connectivity index (χ4n) is 2.06. The summed E-state index contributed by atoms with van der Waals surface area (Å²) in [6.45, 7) is 0.649. The number of hydrogen-bond donors (Lipinski definition) is 2. The van der Waals surface area contributed by atoms with E-state index >= 15 is 0 Å². The van der Waals surface area contributed by atoms with Gasteiger partial charge in [0.1, 0.15) is 11.9 Å². The molecule has 3 nitrogen and oxygen atoms in total. The van der Waals surface area contributed by atoms with Crippen LogP contribution in [0.1, 0.15) is 17.9 Å². The second-order valence-electron chi connectivity index (χ2n) is 3.84. The van der Waals surface area contributed by atoms with Crippen LogP contribution in [0, 0.1) is 5.82 Å². The Morgan fingerprint density at radius 1 is 1.56 bits per heavy atom. The Kier molecular flexibility index (Phi) is 3.12. The molecule has 0 aliphatic carbocycles. The van der Waals surface area contributed by atoms with Crippen molar-refractivity contribution < 1.29 is 14.3 Å². The molecule has 5 heteroatoms. The first-order chi connectivity index (χ1) is 7.59. The van der Waals surface area contributed by atoms with Gasteiger partial charge in [-0.25, -0.2) is 4.39 Å². The maximum absolute atomic E-state index is 13.0. The molecule has 1 aromatic carbocycles. The van der Waals surface area contributed by atoms with Crippen molar-refractivity contribution in [3.8, 4) is 0 Å². The topological polar surface area (TPSA) is 49.3 Å². The molecule has 1 fully saturated rings. The van der Waals surface area contributed by atoms with Crippen molar-refractivity contribution in [1.82, 2.24) is 5.32 Å². The molecule has 2 rings (SSSR count). The Hall–Kier alpha value is -1.13. The van der Waals surface area contributed by atoms with Gasteiger partial charge >= 0.3 is 5.97 Å². The van der Waals surface area contributed by atoms with Crippen LogP contribution in [0.5, 0.6) is 0 Å². The third-order valence-corrected chi connectivity index (χ3v) is 3.15. The highest BCUT2D eigenvalue weighted by Gasteiger charge is 2.33. The number of benzene rings is 1. The lowest BCUT2D eigenvalue weighted by Crippen LogP contribution is -2.34. The van der Waals surface area contributed by atoms with Gasteiger partial charge in [0.05, 0.1) is 5.02 Å². The van der Waals surface area contributed by atoms with Crippen molar-refractivity contribution in [3.63, 3.8) is 0 Å². The highest BCUT2D eigenvalue weighted by atomic mass is 35.5. The van der Waals surface area contributed by atoms with E-state index in [1.54, 1.807) is 6.07 Å². The largest absolute Gasteiger partial charge is 0.480 e. The Labute approximate surface area is 97.2 Å². The van der Waals surface area contributed by atoms with Gasteiger partial charge in [0.25, 0.3) is 0 Å². The zero-order valence-electron chi connectivity index (χ0n) is 8.41. The predicted octanol–water partition coefficient (Wildman–Crippen LogP) is 2.01. The molecule has 2 atom stereocenters. The van der Waals surface area contributed by atoms with Crippen molar-refractivity contribution in [2.24, 2.45) is 0 Å². The summed E-state index contributed by atoms with van der Waals surface area (Å²) >= 11 is 5.68. The third-order valence-electron chi connectivity index (χ3n) is 2.86. The first-order valence-electron chi connectivity index (χ1n) is 5.00. The smallest absolute Gasteiger partial charge is 0.321 e. The van der Waals surface area contributed by atoms with Gasteiger partial charge in [0, 0.05) is 5.92 Å². The molecule has 1 aliphatic rings. The molecule has 1 saturated heterocycles. The Morgan fingerprint density at radius 3 is 2.94 bits per heavy atom. The van der Waals surface area contributed by atoms with Gasteiger partial charge in [0.15, 0.2) is 0 Å². The summed E-state index contributed by atoms with van der Waals surface area (Å²) < 4.78 is 13.0. The number of nitrogens with one attached hydrogen (secondary N) is 1. The van der Waals surface area contributed by atoms with Crippen LogP contribution in [0.4, 0.5) is 4.39 Å². The highest BCUT2D eigenvalue weighted by Crippen LogP contribution is 2.30. The van der Waals surface area contributed by atoms with E-state index in [0.717, 1.165) is 12.0 Å². The molecule has 86 valence electrons. The minimum absolute atomic E-state index is 0.0357. The van der Waals surface area contributed by atoms with E-state index in [1.165, 1.54) is 12.1 Å². The molecule has 1 heterocycles. The Morgan fingerprint density at radius 2 is 2.31 bits per heavy atom. The maximum Gasteiger partial charge on any atom is 0.321 e. The van der Waals surface area contributed by atoms with E-state index in [9.17, 15) is 9.18 Å². The number of carbonyl (C=O) groups is 1. The quantitative estimate of drug-likeness (QED) is 0.836. The molecule has 0 saturated carbocycles. The number of aliphatic carboxylic acids is 1. The van der Waals surface area contributed by atoms with E-state index in [4.69, 9.17) is 16.7 Å². The molecule has 16 heavy (non-hydrogen) atoms. The van der Waals surface area contributed by atoms with Gasteiger partial charge in [-0.1, -0.05) is 17.7 Å². The Bertz CT molecular complexity index is 424. The van der Waals surface area contributed by atoms with Crippen LogP contribution < -0.4 is 5.32 Å². The molecular weight excluding hydrogens is 233 g/mol. The third kappa shape index (κ3) is 2.03. The van der Waals surface area contributed by atoms with Crippen LogP contribution in [0.15, 0.2) is 18.2 Å². The zero-order valence-corrected chi connectivity index (χ0v) is 9.17. The minimum Gasteiger partial charge on any atom is -0.480 e. The van der Waals surface area contributed by atoms with Crippen molar-refractivity contribution in [2.75, 3.05) is 6.54 Å². The standard InChI is InChI=1S/C11H11ClFNO2/c12-8-5-6(1-2-9(8)13)7-3-4-14-10(7)11(15)16/h1-2,5,7,10,14H,3-4H2,(H,15,16). The molecule has 0 bridgehead atoms. The van der Waals surface area contributed by atoms with Crippen molar-refractivity contribution >= 4 is 17.6 Å². The van der Waals surface area contributed by atoms with Gasteiger partial charge in [-0.2, -0.15) is 0 Å². The van der Waals surface area contributed by atoms with E-state index < -0.39 is 17.8 Å². The number of rotatable bonds is 2. The van der Waals surface area contributed by atoms with Crippen molar-refractivity contribution in [1.29, 1.82) is 0 Å². The minimum atomic E-state index is -0.886. The van der Waals surface area contributed by atoms with Gasteiger partial charge in [-0.3, -0.25) is 4.79 Å². The van der Waals surface area contributed by atoms with Gasteiger partial charge in [-0.05, 0) is 30.7 Å². The van der Waals surface area contributed by atoms with Crippen LogP contribution >= 0.6 is 11.6 Å². The molecule has 0 radical (unpaired) electrons. The lowest BCUT2D eigenvalue weighted by molar-refractivity contribution is -0.139. The Balaban J connectivity index is 2.29. The fourth-order valence-corrected chi connectivity index (χ4v) is 2.25. The second-order valence-corrected chi connectivity index (χ2v) is 4.25. The van der Waals surface area contributed by atoms with Crippen molar-refractivity contribution in [2.45, 2.75) is 18.4 Å². The fraction of sp³-hybridized carbons (Fsp3) is 0.364. The van der Waals surface area contributed by atoms with Gasteiger partial charge in [-0.15, -0.1) is 0 Å². The maximum atomic E-state index is 13.0. The zero-order chi connectivity index (χ0) is 11.7. The van der Waals surface area contributed by atoms with Crippen LogP contribution in [0.3, 0.4) is 0 Å². The van der Waals surface area contributed by atoms with Gasteiger partial charge < -0.3 is 10.4 Å². The van der Waals surface area contributed by atoms with Crippen LogP contribution in [0.25, 0.3) is 0 Å². The van der Waals surface area contributed by atoms with Gasteiger partial charge in [0.2, 0.25) is 0 Å². The molecular formula is C11H11ClFNO2. The van der Waals surface area contributed by atoms with Crippen LogP contribution in [0.2, 0.25) is 5.02 Å². The monoisotopic (exact) mass is 243 g/mol. The summed E-state index contributed by atoms with van der Waals surface area (Å²) in [5, 5.41) is 11.9. The average Bonchev–Trinajstić information content (AvgIpc) is 2.71.